The summed E-state index contributed by atoms with van der Waals surface area (Å²) in [5.74, 6) is 0.618. The highest BCUT2D eigenvalue weighted by atomic mass is 32.1. The molecule has 0 spiro atoms. The summed E-state index contributed by atoms with van der Waals surface area (Å²) in [6.45, 7) is 3.92. The molecule has 1 aliphatic heterocycles. The second kappa shape index (κ2) is 10.3. The topological polar surface area (TPSA) is 91.6 Å². The Morgan fingerprint density at radius 1 is 1.06 bits per heavy atom. The Labute approximate surface area is 184 Å². The van der Waals surface area contributed by atoms with Gasteiger partial charge in [-0.05, 0) is 17.0 Å². The Morgan fingerprint density at radius 3 is 2.61 bits per heavy atom. The molecule has 1 fully saturated rings. The fourth-order valence-electron chi connectivity index (χ4n) is 3.45. The van der Waals surface area contributed by atoms with Crippen molar-refractivity contribution in [1.82, 2.24) is 25.3 Å². The number of hydrogen-bond acceptors (Lipinski definition) is 7. The highest BCUT2D eigenvalue weighted by Crippen LogP contribution is 2.20. The van der Waals surface area contributed by atoms with E-state index in [0.29, 0.717) is 31.3 Å². The lowest BCUT2D eigenvalue weighted by Crippen LogP contribution is -2.50. The number of carbonyl (C=O) groups excluding carboxylic acids is 2. The van der Waals surface area contributed by atoms with Gasteiger partial charge in [0.2, 0.25) is 23.6 Å². The SMILES string of the molecule is O=C(CCc1nnc(-c2ccsc2)o1)NCC(=O)N1CCN(Cc2ccccc2)CC1. The maximum Gasteiger partial charge on any atom is 0.248 e. The summed E-state index contributed by atoms with van der Waals surface area (Å²) in [4.78, 5) is 28.7. The monoisotopic (exact) mass is 439 g/mol. The van der Waals surface area contributed by atoms with Crippen molar-refractivity contribution in [2.24, 2.45) is 0 Å². The van der Waals surface area contributed by atoms with Gasteiger partial charge in [0, 0.05) is 56.5 Å². The van der Waals surface area contributed by atoms with Gasteiger partial charge in [0.1, 0.15) is 0 Å². The summed E-state index contributed by atoms with van der Waals surface area (Å²) in [6, 6.07) is 12.2. The van der Waals surface area contributed by atoms with Crippen LogP contribution < -0.4 is 5.32 Å². The standard InChI is InChI=1S/C22H25N5O3S/c28-19(6-7-20-24-25-22(30-20)18-8-13-31-16-18)23-14-21(29)27-11-9-26(10-12-27)15-17-4-2-1-3-5-17/h1-5,8,13,16H,6-7,9-12,14-15H2,(H,23,28). The van der Waals surface area contributed by atoms with Crippen molar-refractivity contribution in [3.63, 3.8) is 0 Å². The molecule has 0 atom stereocenters. The summed E-state index contributed by atoms with van der Waals surface area (Å²) in [7, 11) is 0. The Kier molecular flexibility index (Phi) is 7.06. The fraction of sp³-hybridized carbons (Fsp3) is 0.364. The highest BCUT2D eigenvalue weighted by molar-refractivity contribution is 7.08. The van der Waals surface area contributed by atoms with Gasteiger partial charge in [-0.25, -0.2) is 0 Å². The minimum Gasteiger partial charge on any atom is -0.421 e. The number of benzene rings is 1. The number of piperazine rings is 1. The van der Waals surface area contributed by atoms with Crippen molar-refractivity contribution in [2.75, 3.05) is 32.7 Å². The van der Waals surface area contributed by atoms with Gasteiger partial charge in [0.05, 0.1) is 6.54 Å². The molecule has 4 rings (SSSR count). The molecule has 0 bridgehead atoms. The van der Waals surface area contributed by atoms with Crippen LogP contribution in [0, 0.1) is 0 Å². The average molecular weight is 440 g/mol. The van der Waals surface area contributed by atoms with Gasteiger partial charge in [-0.2, -0.15) is 11.3 Å². The molecule has 0 unspecified atom stereocenters. The van der Waals surface area contributed by atoms with E-state index in [1.807, 2.05) is 39.9 Å². The van der Waals surface area contributed by atoms with Crippen LogP contribution in [0.25, 0.3) is 11.5 Å². The molecule has 1 aliphatic rings. The van der Waals surface area contributed by atoms with Crippen molar-refractivity contribution < 1.29 is 14.0 Å². The molecule has 31 heavy (non-hydrogen) atoms. The molecule has 2 aromatic heterocycles. The van der Waals surface area contributed by atoms with Crippen LogP contribution in [-0.2, 0) is 22.6 Å². The second-order valence-corrected chi connectivity index (χ2v) is 8.21. The molecule has 0 radical (unpaired) electrons. The van der Waals surface area contributed by atoms with Crippen molar-refractivity contribution in [2.45, 2.75) is 19.4 Å². The third kappa shape index (κ3) is 5.99. The molecule has 1 aromatic carbocycles. The first-order chi connectivity index (χ1) is 15.2. The minimum atomic E-state index is -0.202. The van der Waals surface area contributed by atoms with Crippen LogP contribution in [0.2, 0.25) is 0 Å². The zero-order chi connectivity index (χ0) is 21.5. The second-order valence-electron chi connectivity index (χ2n) is 7.43. The molecule has 0 saturated carbocycles. The first-order valence-electron chi connectivity index (χ1n) is 10.3. The molecule has 1 N–H and O–H groups in total. The van der Waals surface area contributed by atoms with Crippen LogP contribution in [0.4, 0.5) is 0 Å². The van der Waals surface area contributed by atoms with Crippen LogP contribution in [-0.4, -0.2) is 64.5 Å². The summed E-state index contributed by atoms with van der Waals surface area (Å²) in [5, 5.41) is 14.5. The van der Waals surface area contributed by atoms with Crippen LogP contribution in [0.15, 0.2) is 51.6 Å². The summed E-state index contributed by atoms with van der Waals surface area (Å²) < 4.78 is 5.58. The van der Waals surface area contributed by atoms with Gasteiger partial charge in [-0.15, -0.1) is 10.2 Å². The quantitative estimate of drug-likeness (QED) is 0.579. The average Bonchev–Trinajstić information content (AvgIpc) is 3.49. The summed E-state index contributed by atoms with van der Waals surface area (Å²) in [6.07, 6.45) is 0.540. The lowest BCUT2D eigenvalue weighted by Gasteiger charge is -2.34. The maximum absolute atomic E-state index is 12.4. The van der Waals surface area contributed by atoms with Gasteiger partial charge in [-0.1, -0.05) is 30.3 Å². The van der Waals surface area contributed by atoms with E-state index in [1.165, 1.54) is 5.56 Å². The fourth-order valence-corrected chi connectivity index (χ4v) is 4.08. The van der Waals surface area contributed by atoms with E-state index in [9.17, 15) is 9.59 Å². The number of hydrogen-bond donors (Lipinski definition) is 1. The molecule has 2 amide bonds. The zero-order valence-electron chi connectivity index (χ0n) is 17.2. The molecule has 9 heteroatoms. The lowest BCUT2D eigenvalue weighted by atomic mass is 10.2. The van der Waals surface area contributed by atoms with Crippen molar-refractivity contribution >= 4 is 23.2 Å². The predicted molar refractivity (Wildman–Crippen MR) is 117 cm³/mol. The van der Waals surface area contributed by atoms with E-state index in [1.54, 1.807) is 11.3 Å². The van der Waals surface area contributed by atoms with E-state index < -0.39 is 0 Å². The van der Waals surface area contributed by atoms with Gasteiger partial charge in [0.25, 0.3) is 0 Å². The smallest absolute Gasteiger partial charge is 0.248 e. The van der Waals surface area contributed by atoms with Gasteiger partial charge < -0.3 is 14.6 Å². The number of amides is 2. The van der Waals surface area contributed by atoms with E-state index >= 15 is 0 Å². The Hall–Kier alpha value is -3.04. The van der Waals surface area contributed by atoms with Crippen molar-refractivity contribution in [3.8, 4) is 11.5 Å². The molecule has 3 aromatic rings. The number of carbonyl (C=O) groups is 2. The van der Waals surface area contributed by atoms with Crippen molar-refractivity contribution in [3.05, 3.63) is 58.6 Å². The van der Waals surface area contributed by atoms with Crippen LogP contribution in [0.3, 0.4) is 0 Å². The number of thiophene rings is 1. The number of rotatable bonds is 8. The maximum atomic E-state index is 12.4. The normalized spacial score (nSPS) is 14.5. The Morgan fingerprint density at radius 2 is 1.87 bits per heavy atom. The molecule has 162 valence electrons. The third-order valence-electron chi connectivity index (χ3n) is 5.21. The van der Waals surface area contributed by atoms with E-state index in [0.717, 1.165) is 25.2 Å². The van der Waals surface area contributed by atoms with Gasteiger partial charge >= 0.3 is 0 Å². The Bertz CT molecular complexity index is 982. The first kappa shape index (κ1) is 21.2. The largest absolute Gasteiger partial charge is 0.421 e. The Balaban J connectivity index is 1.14. The molecular weight excluding hydrogens is 414 g/mol. The van der Waals surface area contributed by atoms with E-state index in [2.05, 4.69) is 32.5 Å². The van der Waals surface area contributed by atoms with Crippen LogP contribution in [0.5, 0.6) is 0 Å². The van der Waals surface area contributed by atoms with Crippen molar-refractivity contribution in [1.29, 1.82) is 0 Å². The van der Waals surface area contributed by atoms with Gasteiger partial charge in [-0.3, -0.25) is 14.5 Å². The number of aromatic nitrogens is 2. The number of aryl methyl sites for hydroxylation is 1. The zero-order valence-corrected chi connectivity index (χ0v) is 18.0. The molecular formula is C22H25N5O3S. The predicted octanol–water partition coefficient (Wildman–Crippen LogP) is 2.19. The first-order valence-corrected chi connectivity index (χ1v) is 11.3. The molecule has 8 nitrogen and oxygen atoms in total. The molecule has 0 aliphatic carbocycles. The summed E-state index contributed by atoms with van der Waals surface area (Å²) >= 11 is 1.55. The summed E-state index contributed by atoms with van der Waals surface area (Å²) in [5.41, 5.74) is 2.15. The van der Waals surface area contributed by atoms with E-state index in [4.69, 9.17) is 4.42 Å². The molecule has 3 heterocycles. The van der Waals surface area contributed by atoms with Gasteiger partial charge in [0.15, 0.2) is 0 Å². The third-order valence-corrected chi connectivity index (χ3v) is 5.89. The minimum absolute atomic E-state index is 0.0154. The number of nitrogens with zero attached hydrogens (tertiary/aromatic N) is 4. The van der Waals surface area contributed by atoms with Crippen LogP contribution >= 0.6 is 11.3 Å². The lowest BCUT2D eigenvalue weighted by molar-refractivity contribution is -0.134. The highest BCUT2D eigenvalue weighted by Gasteiger charge is 2.21. The van der Waals surface area contributed by atoms with E-state index in [-0.39, 0.29) is 24.8 Å². The number of nitrogens with one attached hydrogen (secondary N) is 1. The van der Waals surface area contributed by atoms with Crippen LogP contribution in [0.1, 0.15) is 17.9 Å². The molecule has 1 saturated heterocycles.